The molecule has 8 heteroatoms. The normalized spacial score (nSPS) is 15.2. The van der Waals surface area contributed by atoms with Crippen LogP contribution in [0.5, 0.6) is 11.5 Å². The van der Waals surface area contributed by atoms with E-state index in [1.165, 1.54) is 26.5 Å². The zero-order chi connectivity index (χ0) is 22.1. The van der Waals surface area contributed by atoms with Crippen molar-refractivity contribution in [3.05, 3.63) is 23.8 Å². The van der Waals surface area contributed by atoms with Gasteiger partial charge in [0, 0.05) is 6.04 Å². The van der Waals surface area contributed by atoms with Gasteiger partial charge >= 0.3 is 12.0 Å². The minimum absolute atomic E-state index is 0.0771. The Hall–Kier alpha value is -2.77. The zero-order valence-corrected chi connectivity index (χ0v) is 18.2. The molecule has 0 aliphatic heterocycles. The first-order valence-electron chi connectivity index (χ1n) is 10.4. The third kappa shape index (κ3) is 7.24. The van der Waals surface area contributed by atoms with E-state index in [2.05, 4.69) is 10.6 Å². The lowest BCUT2D eigenvalue weighted by Gasteiger charge is -2.23. The molecule has 1 aliphatic rings. The highest BCUT2D eigenvalue weighted by atomic mass is 16.5. The van der Waals surface area contributed by atoms with Crippen LogP contribution in [-0.4, -0.2) is 43.8 Å². The van der Waals surface area contributed by atoms with E-state index in [9.17, 15) is 14.4 Å². The van der Waals surface area contributed by atoms with E-state index in [4.69, 9.17) is 14.2 Å². The predicted octanol–water partition coefficient (Wildman–Crippen LogP) is 3.43. The Balaban J connectivity index is 1.89. The summed E-state index contributed by atoms with van der Waals surface area (Å²) in [5.41, 5.74) is 0.218. The lowest BCUT2D eigenvalue weighted by Crippen LogP contribution is -2.48. The lowest BCUT2D eigenvalue weighted by atomic mass is 9.96. The smallest absolute Gasteiger partial charge is 0.339 e. The molecule has 0 heterocycles. The number of hydrogen-bond donors (Lipinski definition) is 2. The molecule has 2 N–H and O–H groups in total. The summed E-state index contributed by atoms with van der Waals surface area (Å²) in [4.78, 5) is 36.6. The van der Waals surface area contributed by atoms with E-state index in [0.29, 0.717) is 24.0 Å². The van der Waals surface area contributed by atoms with E-state index in [1.54, 1.807) is 12.1 Å². The number of methoxy groups -OCH3 is 1. The molecular formula is C22H32N2O6. The molecule has 0 bridgehead atoms. The van der Waals surface area contributed by atoms with Crippen LogP contribution in [0.4, 0.5) is 4.79 Å². The molecule has 1 atom stereocenters. The highest BCUT2D eigenvalue weighted by molar-refractivity contribution is 5.98. The fourth-order valence-corrected chi connectivity index (χ4v) is 3.13. The summed E-state index contributed by atoms with van der Waals surface area (Å²) >= 11 is 0. The summed E-state index contributed by atoms with van der Waals surface area (Å²) in [6.45, 7) is 5.99. The molecule has 166 valence electrons. The Morgan fingerprint density at radius 2 is 1.77 bits per heavy atom. The first-order valence-corrected chi connectivity index (χ1v) is 10.4. The number of rotatable bonds is 8. The van der Waals surface area contributed by atoms with Gasteiger partial charge in [-0.25, -0.2) is 9.59 Å². The number of hydrogen-bond acceptors (Lipinski definition) is 6. The Labute approximate surface area is 177 Å². The van der Waals surface area contributed by atoms with Gasteiger partial charge in [-0.3, -0.25) is 10.1 Å². The quantitative estimate of drug-likeness (QED) is 0.625. The molecular weight excluding hydrogens is 388 g/mol. The van der Waals surface area contributed by atoms with E-state index >= 15 is 0 Å². The summed E-state index contributed by atoms with van der Waals surface area (Å²) in [5.74, 6) is -0.115. The second kappa shape index (κ2) is 11.4. The van der Waals surface area contributed by atoms with Crippen LogP contribution in [0.25, 0.3) is 0 Å². The van der Waals surface area contributed by atoms with Gasteiger partial charge in [-0.2, -0.15) is 0 Å². The highest BCUT2D eigenvalue weighted by Crippen LogP contribution is 2.29. The van der Waals surface area contributed by atoms with Gasteiger partial charge < -0.3 is 19.5 Å². The summed E-state index contributed by atoms with van der Waals surface area (Å²) in [6, 6.07) is 4.18. The van der Waals surface area contributed by atoms with Crippen molar-refractivity contribution in [1.82, 2.24) is 10.6 Å². The van der Waals surface area contributed by atoms with Crippen LogP contribution >= 0.6 is 0 Å². The van der Waals surface area contributed by atoms with E-state index in [-0.39, 0.29) is 11.6 Å². The molecule has 1 aromatic carbocycles. The average Bonchev–Trinajstić information content (AvgIpc) is 2.72. The third-order valence-corrected chi connectivity index (χ3v) is 4.80. The maximum absolute atomic E-state index is 12.4. The molecule has 1 aromatic rings. The first-order chi connectivity index (χ1) is 14.3. The molecule has 0 spiro atoms. The van der Waals surface area contributed by atoms with Crippen molar-refractivity contribution in [2.45, 2.75) is 65.0 Å². The minimum atomic E-state index is -1.13. The fraction of sp³-hybridized carbons (Fsp3) is 0.591. The number of carbonyl (C=O) groups is 3. The van der Waals surface area contributed by atoms with Gasteiger partial charge in [0.1, 0.15) is 0 Å². The van der Waals surface area contributed by atoms with Gasteiger partial charge in [0.15, 0.2) is 17.6 Å². The van der Waals surface area contributed by atoms with Gasteiger partial charge in [-0.05, 0) is 43.9 Å². The number of ether oxygens (including phenoxy) is 3. The zero-order valence-electron chi connectivity index (χ0n) is 18.2. The predicted molar refractivity (Wildman–Crippen MR) is 112 cm³/mol. The molecule has 0 radical (unpaired) electrons. The summed E-state index contributed by atoms with van der Waals surface area (Å²) < 4.78 is 16.1. The van der Waals surface area contributed by atoms with Crippen molar-refractivity contribution in [3.8, 4) is 11.5 Å². The number of nitrogens with one attached hydrogen (secondary N) is 2. The second-order valence-electron chi connectivity index (χ2n) is 7.92. The number of urea groups is 1. The van der Waals surface area contributed by atoms with Gasteiger partial charge in [0.25, 0.3) is 5.91 Å². The van der Waals surface area contributed by atoms with Crippen LogP contribution in [-0.2, 0) is 9.53 Å². The Morgan fingerprint density at radius 1 is 1.07 bits per heavy atom. The number of esters is 1. The van der Waals surface area contributed by atoms with Crippen molar-refractivity contribution >= 4 is 17.9 Å². The summed E-state index contributed by atoms with van der Waals surface area (Å²) in [5, 5.41) is 5.02. The molecule has 1 aliphatic carbocycles. The molecule has 0 saturated heterocycles. The number of imide groups is 1. The van der Waals surface area contributed by atoms with Crippen LogP contribution in [0.15, 0.2) is 18.2 Å². The molecule has 0 aromatic heterocycles. The monoisotopic (exact) mass is 420 g/mol. The van der Waals surface area contributed by atoms with Crippen molar-refractivity contribution < 1.29 is 28.6 Å². The first kappa shape index (κ1) is 23.5. The summed E-state index contributed by atoms with van der Waals surface area (Å²) in [6.07, 6.45) is 3.99. The number of amides is 3. The highest BCUT2D eigenvalue weighted by Gasteiger charge is 2.23. The number of benzene rings is 1. The topological polar surface area (TPSA) is 103 Å². The van der Waals surface area contributed by atoms with Gasteiger partial charge in [0.2, 0.25) is 0 Å². The van der Waals surface area contributed by atoms with Crippen LogP contribution in [0.3, 0.4) is 0 Å². The van der Waals surface area contributed by atoms with Crippen LogP contribution in [0.1, 0.15) is 63.2 Å². The molecule has 3 amide bonds. The Morgan fingerprint density at radius 3 is 2.40 bits per heavy atom. The standard InChI is InChI=1S/C22H32N2O6/c1-14(2)13-29-18-11-10-16(12-19(18)28-4)21(26)30-15(3)20(25)24-22(27)23-17-8-6-5-7-9-17/h10-12,14-15,17H,5-9,13H2,1-4H3,(H2,23,24,25,27)/t15-/m1/s1. The fourth-order valence-electron chi connectivity index (χ4n) is 3.13. The third-order valence-electron chi connectivity index (χ3n) is 4.80. The van der Waals surface area contributed by atoms with Crippen molar-refractivity contribution in [1.29, 1.82) is 0 Å². The maximum Gasteiger partial charge on any atom is 0.339 e. The van der Waals surface area contributed by atoms with Gasteiger partial charge in [-0.1, -0.05) is 33.1 Å². The largest absolute Gasteiger partial charge is 0.493 e. The van der Waals surface area contributed by atoms with Gasteiger partial charge in [0.05, 0.1) is 19.3 Å². The molecule has 1 fully saturated rings. The minimum Gasteiger partial charge on any atom is -0.493 e. The molecule has 2 rings (SSSR count). The van der Waals surface area contributed by atoms with Crippen LogP contribution in [0, 0.1) is 5.92 Å². The lowest BCUT2D eigenvalue weighted by molar-refractivity contribution is -0.127. The van der Waals surface area contributed by atoms with Crippen molar-refractivity contribution in [2.75, 3.05) is 13.7 Å². The molecule has 30 heavy (non-hydrogen) atoms. The van der Waals surface area contributed by atoms with E-state index < -0.39 is 24.0 Å². The van der Waals surface area contributed by atoms with E-state index in [1.807, 2.05) is 13.8 Å². The Bertz CT molecular complexity index is 743. The molecule has 0 unspecified atom stereocenters. The molecule has 1 saturated carbocycles. The van der Waals surface area contributed by atoms with E-state index in [0.717, 1.165) is 25.7 Å². The van der Waals surface area contributed by atoms with Gasteiger partial charge in [-0.15, -0.1) is 0 Å². The van der Waals surface area contributed by atoms with Crippen molar-refractivity contribution in [3.63, 3.8) is 0 Å². The number of carbonyl (C=O) groups excluding carboxylic acids is 3. The van der Waals surface area contributed by atoms with Crippen molar-refractivity contribution in [2.24, 2.45) is 5.92 Å². The SMILES string of the molecule is COc1cc(C(=O)O[C@H](C)C(=O)NC(=O)NC2CCCCC2)ccc1OCC(C)C. The summed E-state index contributed by atoms with van der Waals surface area (Å²) in [7, 11) is 1.48. The van der Waals surface area contributed by atoms with Crippen LogP contribution < -0.4 is 20.1 Å². The van der Waals surface area contributed by atoms with Crippen LogP contribution in [0.2, 0.25) is 0 Å². The second-order valence-corrected chi connectivity index (χ2v) is 7.92. The average molecular weight is 421 g/mol. The maximum atomic E-state index is 12.4. The molecule has 8 nitrogen and oxygen atoms in total. The Kier molecular flexibility index (Phi) is 8.95.